The minimum atomic E-state index is -0.685. The normalized spacial score (nSPS) is 15.9. The van der Waals surface area contributed by atoms with Crippen molar-refractivity contribution < 1.29 is 28.6 Å². The van der Waals surface area contributed by atoms with E-state index in [1.807, 2.05) is 6.07 Å². The molecule has 1 aromatic carbocycles. The molecule has 0 aliphatic carbocycles. The topological polar surface area (TPSA) is 127 Å². The van der Waals surface area contributed by atoms with Gasteiger partial charge in [-0.2, -0.15) is 5.26 Å². The molecule has 142 valence electrons. The number of nitrogens with zero attached hydrogens (tertiary/aromatic N) is 1. The van der Waals surface area contributed by atoms with Crippen LogP contribution in [0.25, 0.3) is 0 Å². The molecule has 2 rings (SSSR count). The standard InChI is InChI=1S/C18H19N3O6/c1-3-25-17(23)16-11(2)20-18(24)21-14(16)9-27-15(22)10-26-13-6-4-12(8-19)5-7-13/h4-7,11H,3,9-10H2,1-2H3,(H2,20,21,24)/t11-/m1/s1. The van der Waals surface area contributed by atoms with Gasteiger partial charge in [0.1, 0.15) is 12.4 Å². The van der Waals surface area contributed by atoms with Crippen LogP contribution < -0.4 is 15.4 Å². The van der Waals surface area contributed by atoms with Gasteiger partial charge in [0.2, 0.25) is 0 Å². The number of nitriles is 1. The van der Waals surface area contributed by atoms with E-state index >= 15 is 0 Å². The summed E-state index contributed by atoms with van der Waals surface area (Å²) < 4.78 is 15.3. The SMILES string of the molecule is CCOC(=O)C1=C(COC(=O)COc2ccc(C#N)cc2)NC(=O)N[C@@H]1C. The predicted molar refractivity (Wildman–Crippen MR) is 92.4 cm³/mol. The number of hydrogen-bond donors (Lipinski definition) is 2. The fourth-order valence-electron chi connectivity index (χ4n) is 2.36. The van der Waals surface area contributed by atoms with E-state index in [9.17, 15) is 14.4 Å². The van der Waals surface area contributed by atoms with Gasteiger partial charge < -0.3 is 24.8 Å². The molecule has 27 heavy (non-hydrogen) atoms. The first kappa shape index (κ1) is 19.8. The van der Waals surface area contributed by atoms with Gasteiger partial charge in [0.25, 0.3) is 0 Å². The third-order valence-electron chi connectivity index (χ3n) is 3.58. The highest BCUT2D eigenvalue weighted by molar-refractivity contribution is 5.94. The number of nitrogens with one attached hydrogen (secondary N) is 2. The lowest BCUT2D eigenvalue weighted by Gasteiger charge is -2.26. The molecule has 1 heterocycles. The van der Waals surface area contributed by atoms with Gasteiger partial charge in [-0.3, -0.25) is 0 Å². The van der Waals surface area contributed by atoms with Crippen molar-refractivity contribution in [1.29, 1.82) is 5.26 Å². The van der Waals surface area contributed by atoms with Crippen LogP contribution in [0.3, 0.4) is 0 Å². The molecule has 0 saturated carbocycles. The summed E-state index contributed by atoms with van der Waals surface area (Å²) in [5.41, 5.74) is 0.827. The number of rotatable bonds is 7. The average Bonchev–Trinajstić information content (AvgIpc) is 2.64. The van der Waals surface area contributed by atoms with E-state index in [0.717, 1.165) is 0 Å². The van der Waals surface area contributed by atoms with E-state index in [2.05, 4.69) is 10.6 Å². The quantitative estimate of drug-likeness (QED) is 0.683. The van der Waals surface area contributed by atoms with Crippen LogP contribution in [-0.4, -0.2) is 43.8 Å². The van der Waals surface area contributed by atoms with Crippen molar-refractivity contribution >= 4 is 18.0 Å². The molecular weight excluding hydrogens is 354 g/mol. The number of amides is 2. The van der Waals surface area contributed by atoms with Crippen LogP contribution in [0.4, 0.5) is 4.79 Å². The number of ether oxygens (including phenoxy) is 3. The molecule has 1 aliphatic heterocycles. The van der Waals surface area contributed by atoms with Crippen molar-refractivity contribution in [3.8, 4) is 11.8 Å². The summed E-state index contributed by atoms with van der Waals surface area (Å²) in [5, 5.41) is 13.7. The Kier molecular flexibility index (Phi) is 6.77. The maximum absolute atomic E-state index is 12.1. The number of carbonyl (C=O) groups excluding carboxylic acids is 3. The van der Waals surface area contributed by atoms with E-state index in [0.29, 0.717) is 11.3 Å². The summed E-state index contributed by atoms with van der Waals surface area (Å²) in [6.45, 7) is 2.80. The molecular formula is C18H19N3O6. The highest BCUT2D eigenvalue weighted by atomic mass is 16.6. The van der Waals surface area contributed by atoms with E-state index < -0.39 is 24.0 Å². The maximum Gasteiger partial charge on any atom is 0.344 e. The minimum Gasteiger partial charge on any atom is -0.482 e. The van der Waals surface area contributed by atoms with E-state index in [-0.39, 0.29) is 31.1 Å². The van der Waals surface area contributed by atoms with E-state index in [4.69, 9.17) is 19.5 Å². The van der Waals surface area contributed by atoms with Crippen LogP contribution in [0.1, 0.15) is 19.4 Å². The van der Waals surface area contributed by atoms with Gasteiger partial charge in [0.15, 0.2) is 6.61 Å². The summed E-state index contributed by atoms with van der Waals surface area (Å²) >= 11 is 0. The molecule has 1 aromatic rings. The van der Waals surface area contributed by atoms with Crippen molar-refractivity contribution in [3.63, 3.8) is 0 Å². The number of esters is 2. The van der Waals surface area contributed by atoms with Crippen molar-refractivity contribution in [2.45, 2.75) is 19.9 Å². The van der Waals surface area contributed by atoms with E-state index in [1.165, 1.54) is 0 Å². The molecule has 1 aliphatic rings. The monoisotopic (exact) mass is 373 g/mol. The minimum absolute atomic E-state index is 0.163. The second-order valence-corrected chi connectivity index (χ2v) is 5.52. The lowest BCUT2D eigenvalue weighted by atomic mass is 10.0. The molecule has 0 fully saturated rings. The molecule has 9 nitrogen and oxygen atoms in total. The third kappa shape index (κ3) is 5.47. The first-order valence-corrected chi connectivity index (χ1v) is 8.20. The molecule has 0 aromatic heterocycles. The zero-order valence-electron chi connectivity index (χ0n) is 14.9. The van der Waals surface area contributed by atoms with Crippen LogP contribution in [0.2, 0.25) is 0 Å². The van der Waals surface area contributed by atoms with Crippen molar-refractivity contribution in [3.05, 3.63) is 41.1 Å². The smallest absolute Gasteiger partial charge is 0.344 e. The highest BCUT2D eigenvalue weighted by Crippen LogP contribution is 2.15. The Morgan fingerprint density at radius 3 is 2.56 bits per heavy atom. The van der Waals surface area contributed by atoms with E-state index in [1.54, 1.807) is 38.1 Å². The first-order valence-electron chi connectivity index (χ1n) is 8.20. The third-order valence-corrected chi connectivity index (χ3v) is 3.58. The zero-order chi connectivity index (χ0) is 19.8. The lowest BCUT2D eigenvalue weighted by Crippen LogP contribution is -2.50. The van der Waals surface area contributed by atoms with Crippen LogP contribution in [0.15, 0.2) is 35.5 Å². The zero-order valence-corrected chi connectivity index (χ0v) is 14.9. The van der Waals surface area contributed by atoms with Gasteiger partial charge in [-0.1, -0.05) is 0 Å². The van der Waals surface area contributed by atoms with Crippen LogP contribution in [0.5, 0.6) is 5.75 Å². The Hall–Kier alpha value is -3.54. The van der Waals surface area contributed by atoms with Crippen molar-refractivity contribution in [2.75, 3.05) is 19.8 Å². The summed E-state index contributed by atoms with van der Waals surface area (Å²) in [5.74, 6) is -0.881. The summed E-state index contributed by atoms with van der Waals surface area (Å²) in [4.78, 5) is 35.6. The lowest BCUT2D eigenvalue weighted by molar-refractivity contribution is -0.145. The van der Waals surface area contributed by atoms with Crippen molar-refractivity contribution in [2.24, 2.45) is 0 Å². The molecule has 0 saturated heterocycles. The van der Waals surface area contributed by atoms with Crippen LogP contribution >= 0.6 is 0 Å². The molecule has 1 atom stereocenters. The molecule has 2 N–H and O–H groups in total. The van der Waals surface area contributed by atoms with Gasteiger partial charge in [-0.25, -0.2) is 14.4 Å². The highest BCUT2D eigenvalue weighted by Gasteiger charge is 2.30. The Labute approximate surface area is 155 Å². The predicted octanol–water partition coefficient (Wildman–Crippen LogP) is 0.999. The Morgan fingerprint density at radius 2 is 1.93 bits per heavy atom. The average molecular weight is 373 g/mol. The molecule has 0 radical (unpaired) electrons. The Balaban J connectivity index is 1.95. The first-order chi connectivity index (χ1) is 12.9. The maximum atomic E-state index is 12.1. The van der Waals surface area contributed by atoms with Crippen molar-refractivity contribution in [1.82, 2.24) is 10.6 Å². The fourth-order valence-corrected chi connectivity index (χ4v) is 2.36. The summed E-state index contributed by atoms with van der Waals surface area (Å²) in [6.07, 6.45) is 0. The molecule has 0 spiro atoms. The second kappa shape index (κ2) is 9.24. The fraction of sp³-hybridized carbons (Fsp3) is 0.333. The number of hydrogen-bond acceptors (Lipinski definition) is 7. The summed E-state index contributed by atoms with van der Waals surface area (Å²) in [7, 11) is 0. The van der Waals surface area contributed by atoms with Gasteiger partial charge in [0, 0.05) is 0 Å². The molecule has 0 bridgehead atoms. The molecule has 2 amide bonds. The molecule has 9 heteroatoms. The number of urea groups is 1. The Morgan fingerprint density at radius 1 is 1.22 bits per heavy atom. The van der Waals surface area contributed by atoms with Gasteiger partial charge in [0.05, 0.1) is 35.6 Å². The molecule has 0 unspecified atom stereocenters. The Bertz CT molecular complexity index is 794. The van der Waals surface area contributed by atoms with Gasteiger partial charge in [-0.15, -0.1) is 0 Å². The number of carbonyl (C=O) groups is 3. The second-order valence-electron chi connectivity index (χ2n) is 5.52. The largest absolute Gasteiger partial charge is 0.482 e. The van der Waals surface area contributed by atoms with Gasteiger partial charge >= 0.3 is 18.0 Å². The van der Waals surface area contributed by atoms with Gasteiger partial charge in [-0.05, 0) is 38.1 Å². The summed E-state index contributed by atoms with van der Waals surface area (Å²) in [6, 6.07) is 7.12. The number of benzene rings is 1. The van der Waals surface area contributed by atoms with Crippen LogP contribution in [-0.2, 0) is 19.1 Å². The van der Waals surface area contributed by atoms with Crippen LogP contribution in [0, 0.1) is 11.3 Å².